The van der Waals surface area contributed by atoms with E-state index in [4.69, 9.17) is 4.74 Å². The lowest BCUT2D eigenvalue weighted by Crippen LogP contribution is -2.09. The molecule has 0 atom stereocenters. The van der Waals surface area contributed by atoms with Gasteiger partial charge in [-0.2, -0.15) is 0 Å². The van der Waals surface area contributed by atoms with Crippen LogP contribution in [-0.2, 0) is 4.74 Å². The minimum absolute atomic E-state index is 0.684. The SMILES string of the molecule is COCCNc1ccnc(C)n1. The fourth-order valence-corrected chi connectivity index (χ4v) is 0.836. The van der Waals surface area contributed by atoms with Crippen LogP contribution in [0.3, 0.4) is 0 Å². The van der Waals surface area contributed by atoms with Gasteiger partial charge in [-0.25, -0.2) is 9.97 Å². The zero-order valence-corrected chi connectivity index (χ0v) is 7.37. The fourth-order valence-electron chi connectivity index (χ4n) is 0.836. The van der Waals surface area contributed by atoms with E-state index in [9.17, 15) is 0 Å². The molecular weight excluding hydrogens is 154 g/mol. The van der Waals surface area contributed by atoms with E-state index in [-0.39, 0.29) is 0 Å². The average molecular weight is 167 g/mol. The summed E-state index contributed by atoms with van der Waals surface area (Å²) in [7, 11) is 1.67. The summed E-state index contributed by atoms with van der Waals surface area (Å²) in [4.78, 5) is 8.15. The lowest BCUT2D eigenvalue weighted by atomic mass is 10.5. The van der Waals surface area contributed by atoms with E-state index < -0.39 is 0 Å². The van der Waals surface area contributed by atoms with Gasteiger partial charge in [-0.1, -0.05) is 0 Å². The Morgan fingerprint density at radius 1 is 1.58 bits per heavy atom. The highest BCUT2D eigenvalue weighted by Crippen LogP contribution is 1.99. The molecule has 0 aliphatic carbocycles. The maximum absolute atomic E-state index is 4.89. The molecule has 0 spiro atoms. The summed E-state index contributed by atoms with van der Waals surface area (Å²) in [6.45, 7) is 3.32. The quantitative estimate of drug-likeness (QED) is 0.675. The van der Waals surface area contributed by atoms with E-state index >= 15 is 0 Å². The van der Waals surface area contributed by atoms with Crippen LogP contribution >= 0.6 is 0 Å². The van der Waals surface area contributed by atoms with E-state index in [0.29, 0.717) is 6.61 Å². The largest absolute Gasteiger partial charge is 0.383 e. The lowest BCUT2D eigenvalue weighted by Gasteiger charge is -2.03. The minimum Gasteiger partial charge on any atom is -0.383 e. The fraction of sp³-hybridized carbons (Fsp3) is 0.500. The Balaban J connectivity index is 2.41. The maximum atomic E-state index is 4.89. The summed E-state index contributed by atoms with van der Waals surface area (Å²) in [5.41, 5.74) is 0. The van der Waals surface area contributed by atoms with Gasteiger partial charge in [0.05, 0.1) is 6.61 Å². The first-order valence-electron chi connectivity index (χ1n) is 3.85. The Bertz CT molecular complexity index is 239. The summed E-state index contributed by atoms with van der Waals surface area (Å²) >= 11 is 0. The topological polar surface area (TPSA) is 47.0 Å². The number of aromatic nitrogens is 2. The molecule has 1 aromatic heterocycles. The van der Waals surface area contributed by atoms with Gasteiger partial charge in [0.1, 0.15) is 11.6 Å². The van der Waals surface area contributed by atoms with Crippen LogP contribution in [0.5, 0.6) is 0 Å². The molecule has 4 nitrogen and oxygen atoms in total. The third-order valence-corrected chi connectivity index (χ3v) is 1.39. The summed E-state index contributed by atoms with van der Waals surface area (Å²) < 4.78 is 4.89. The van der Waals surface area contributed by atoms with Crippen molar-refractivity contribution in [1.29, 1.82) is 0 Å². The molecule has 0 amide bonds. The van der Waals surface area contributed by atoms with Crippen molar-refractivity contribution in [3.05, 3.63) is 18.1 Å². The highest BCUT2D eigenvalue weighted by Gasteiger charge is 1.92. The third kappa shape index (κ3) is 2.84. The highest BCUT2D eigenvalue weighted by molar-refractivity contribution is 5.32. The standard InChI is InChI=1S/C8H13N3O/c1-7-9-4-3-8(11-7)10-5-6-12-2/h3-4H,5-6H2,1-2H3,(H,9,10,11). The summed E-state index contributed by atoms with van der Waals surface area (Å²) in [6, 6.07) is 1.84. The van der Waals surface area contributed by atoms with Crippen molar-refractivity contribution in [1.82, 2.24) is 9.97 Å². The molecule has 1 aromatic rings. The zero-order chi connectivity index (χ0) is 8.81. The summed E-state index contributed by atoms with van der Waals surface area (Å²) in [6.07, 6.45) is 1.73. The van der Waals surface area contributed by atoms with Crippen LogP contribution in [-0.4, -0.2) is 30.2 Å². The van der Waals surface area contributed by atoms with Gasteiger partial charge in [-0.05, 0) is 13.0 Å². The second-order valence-corrected chi connectivity index (χ2v) is 2.41. The van der Waals surface area contributed by atoms with Gasteiger partial charge in [-0.3, -0.25) is 0 Å². The number of aryl methyl sites for hydroxylation is 1. The number of nitrogens with one attached hydrogen (secondary N) is 1. The van der Waals surface area contributed by atoms with Gasteiger partial charge in [0.25, 0.3) is 0 Å². The molecule has 0 fully saturated rings. The molecular formula is C8H13N3O. The van der Waals surface area contributed by atoms with E-state index in [1.165, 1.54) is 0 Å². The molecule has 1 heterocycles. The van der Waals surface area contributed by atoms with Gasteiger partial charge >= 0.3 is 0 Å². The third-order valence-electron chi connectivity index (χ3n) is 1.39. The number of hydrogen-bond donors (Lipinski definition) is 1. The minimum atomic E-state index is 0.684. The van der Waals surface area contributed by atoms with E-state index in [1.807, 2.05) is 13.0 Å². The first-order valence-corrected chi connectivity index (χ1v) is 3.85. The molecule has 1 rings (SSSR count). The van der Waals surface area contributed by atoms with Crippen LogP contribution in [0.15, 0.2) is 12.3 Å². The van der Waals surface area contributed by atoms with Crippen LogP contribution in [0.2, 0.25) is 0 Å². The Morgan fingerprint density at radius 3 is 3.08 bits per heavy atom. The normalized spacial score (nSPS) is 9.83. The smallest absolute Gasteiger partial charge is 0.129 e. The van der Waals surface area contributed by atoms with Gasteiger partial charge in [0, 0.05) is 19.9 Å². The molecule has 0 aliphatic rings. The van der Waals surface area contributed by atoms with Crippen molar-refractivity contribution in [2.45, 2.75) is 6.92 Å². The van der Waals surface area contributed by atoms with Crippen molar-refractivity contribution in [3.8, 4) is 0 Å². The predicted octanol–water partition coefficient (Wildman–Crippen LogP) is 0.843. The molecule has 66 valence electrons. The molecule has 0 bridgehead atoms. The van der Waals surface area contributed by atoms with Gasteiger partial charge < -0.3 is 10.1 Å². The highest BCUT2D eigenvalue weighted by atomic mass is 16.5. The molecule has 0 unspecified atom stereocenters. The Hall–Kier alpha value is -1.16. The van der Waals surface area contributed by atoms with E-state index in [1.54, 1.807) is 13.3 Å². The Morgan fingerprint density at radius 2 is 2.42 bits per heavy atom. The summed E-state index contributed by atoms with van der Waals surface area (Å²) in [5, 5.41) is 3.11. The lowest BCUT2D eigenvalue weighted by molar-refractivity contribution is 0.210. The zero-order valence-electron chi connectivity index (χ0n) is 7.37. The predicted molar refractivity (Wildman–Crippen MR) is 47.1 cm³/mol. The molecule has 0 aliphatic heterocycles. The van der Waals surface area contributed by atoms with Crippen LogP contribution < -0.4 is 5.32 Å². The molecule has 0 saturated carbocycles. The average Bonchev–Trinajstić information content (AvgIpc) is 2.05. The van der Waals surface area contributed by atoms with Gasteiger partial charge in [-0.15, -0.1) is 0 Å². The first-order chi connectivity index (χ1) is 5.83. The van der Waals surface area contributed by atoms with Crippen molar-refractivity contribution < 1.29 is 4.74 Å². The van der Waals surface area contributed by atoms with E-state index in [0.717, 1.165) is 18.2 Å². The molecule has 4 heteroatoms. The maximum Gasteiger partial charge on any atom is 0.129 e. The number of methoxy groups -OCH3 is 1. The van der Waals surface area contributed by atoms with Crippen molar-refractivity contribution in [3.63, 3.8) is 0 Å². The molecule has 0 radical (unpaired) electrons. The number of nitrogens with zero attached hydrogens (tertiary/aromatic N) is 2. The van der Waals surface area contributed by atoms with Crippen LogP contribution in [0.25, 0.3) is 0 Å². The molecule has 1 N–H and O–H groups in total. The molecule has 0 aromatic carbocycles. The van der Waals surface area contributed by atoms with Gasteiger partial charge in [0.2, 0.25) is 0 Å². The second-order valence-electron chi connectivity index (χ2n) is 2.41. The number of ether oxygens (including phenoxy) is 1. The van der Waals surface area contributed by atoms with E-state index in [2.05, 4.69) is 15.3 Å². The molecule has 0 saturated heterocycles. The van der Waals surface area contributed by atoms with Crippen LogP contribution in [0, 0.1) is 6.92 Å². The number of rotatable bonds is 4. The Kier molecular flexibility index (Phi) is 3.47. The van der Waals surface area contributed by atoms with Crippen LogP contribution in [0.1, 0.15) is 5.82 Å². The number of anilines is 1. The molecule has 12 heavy (non-hydrogen) atoms. The van der Waals surface area contributed by atoms with Crippen molar-refractivity contribution in [2.24, 2.45) is 0 Å². The first kappa shape index (κ1) is 8.93. The Labute approximate surface area is 72.0 Å². The number of hydrogen-bond acceptors (Lipinski definition) is 4. The van der Waals surface area contributed by atoms with Gasteiger partial charge in [0.15, 0.2) is 0 Å². The van der Waals surface area contributed by atoms with Crippen LogP contribution in [0.4, 0.5) is 5.82 Å². The van der Waals surface area contributed by atoms with Crippen molar-refractivity contribution >= 4 is 5.82 Å². The monoisotopic (exact) mass is 167 g/mol. The summed E-state index contributed by atoms with van der Waals surface area (Å²) in [5.74, 6) is 1.62. The second kappa shape index (κ2) is 4.66. The van der Waals surface area contributed by atoms with Crippen molar-refractivity contribution in [2.75, 3.05) is 25.6 Å².